The average molecular weight is 580 g/mol. The van der Waals surface area contributed by atoms with Crippen LogP contribution >= 0.6 is 34.7 Å². The molecule has 200 valence electrons. The summed E-state index contributed by atoms with van der Waals surface area (Å²) in [7, 11) is 1.60. The smallest absolute Gasteiger partial charge is 0.267 e. The van der Waals surface area contributed by atoms with E-state index in [1.165, 1.54) is 21.5 Å². The van der Waals surface area contributed by atoms with E-state index >= 15 is 0 Å². The number of halogens is 1. The van der Waals surface area contributed by atoms with Crippen LogP contribution in [0.2, 0.25) is 5.02 Å². The molecule has 10 heteroatoms. The number of carbonyl (C=O) groups excluding carboxylic acids is 2. The van der Waals surface area contributed by atoms with Gasteiger partial charge in [0.15, 0.2) is 5.16 Å². The Balaban J connectivity index is 1.40. The molecule has 39 heavy (non-hydrogen) atoms. The highest BCUT2D eigenvalue weighted by Gasteiger charge is 2.34. The SMILES string of the molecule is COc1ccc(-n2c(S[C@@H]3CCCCN(C(=O)c4ccc(Cl)cc4)C3=O)nc3sc4c(c3c2=O)CCC4)cc1. The van der Waals surface area contributed by atoms with Crippen molar-refractivity contribution in [2.45, 2.75) is 48.9 Å². The van der Waals surface area contributed by atoms with Crippen LogP contribution in [0, 0.1) is 0 Å². The number of hydrogen-bond donors (Lipinski definition) is 0. The van der Waals surface area contributed by atoms with Gasteiger partial charge in [0.05, 0.1) is 23.4 Å². The zero-order valence-corrected chi connectivity index (χ0v) is 23.7. The van der Waals surface area contributed by atoms with Gasteiger partial charge in [0.2, 0.25) is 5.91 Å². The van der Waals surface area contributed by atoms with Crippen molar-refractivity contribution in [2.24, 2.45) is 0 Å². The summed E-state index contributed by atoms with van der Waals surface area (Å²) in [6.07, 6.45) is 4.98. The zero-order valence-electron chi connectivity index (χ0n) is 21.3. The van der Waals surface area contributed by atoms with E-state index in [0.29, 0.717) is 50.4 Å². The molecule has 2 aromatic heterocycles. The predicted octanol–water partition coefficient (Wildman–Crippen LogP) is 5.91. The third-order valence-corrected chi connectivity index (χ3v) is 9.91. The van der Waals surface area contributed by atoms with Crippen molar-refractivity contribution >= 4 is 56.7 Å². The number of hydrogen-bond acceptors (Lipinski definition) is 7. The molecule has 1 atom stereocenters. The maximum atomic E-state index is 14.0. The molecule has 1 aliphatic carbocycles. The van der Waals surface area contributed by atoms with Gasteiger partial charge in [-0.1, -0.05) is 29.8 Å². The molecule has 2 amide bonds. The minimum Gasteiger partial charge on any atom is -0.497 e. The molecule has 3 heterocycles. The number of likely N-dealkylation sites (tertiary alicyclic amines) is 1. The van der Waals surface area contributed by atoms with Crippen LogP contribution in [0.5, 0.6) is 5.75 Å². The normalized spacial score (nSPS) is 17.3. The summed E-state index contributed by atoms with van der Waals surface area (Å²) in [6.45, 7) is 0.354. The fraction of sp³-hybridized carbons (Fsp3) is 0.310. The first-order valence-electron chi connectivity index (χ1n) is 12.9. The highest BCUT2D eigenvalue weighted by atomic mass is 35.5. The van der Waals surface area contributed by atoms with E-state index in [-0.39, 0.29) is 17.4 Å². The van der Waals surface area contributed by atoms with Gasteiger partial charge in [0.25, 0.3) is 11.5 Å². The van der Waals surface area contributed by atoms with E-state index < -0.39 is 5.25 Å². The molecule has 0 radical (unpaired) electrons. The summed E-state index contributed by atoms with van der Waals surface area (Å²) in [4.78, 5) is 49.3. The van der Waals surface area contributed by atoms with Crippen LogP contribution in [-0.4, -0.2) is 45.2 Å². The summed E-state index contributed by atoms with van der Waals surface area (Å²) in [5.74, 6) is 0.0818. The fourth-order valence-electron chi connectivity index (χ4n) is 5.26. The van der Waals surface area contributed by atoms with E-state index in [4.69, 9.17) is 21.3 Å². The van der Waals surface area contributed by atoms with Gasteiger partial charge in [0, 0.05) is 22.0 Å². The van der Waals surface area contributed by atoms with Gasteiger partial charge in [-0.15, -0.1) is 11.3 Å². The summed E-state index contributed by atoms with van der Waals surface area (Å²) in [5.41, 5.74) is 2.06. The van der Waals surface area contributed by atoms with Crippen LogP contribution in [0.25, 0.3) is 15.9 Å². The Bertz CT molecular complexity index is 1630. The molecule has 6 rings (SSSR count). The lowest BCUT2D eigenvalue weighted by Crippen LogP contribution is -2.41. The Hall–Kier alpha value is -3.14. The summed E-state index contributed by atoms with van der Waals surface area (Å²) < 4.78 is 6.93. The van der Waals surface area contributed by atoms with Crippen molar-refractivity contribution in [3.63, 3.8) is 0 Å². The molecule has 2 aliphatic rings. The lowest BCUT2D eigenvalue weighted by atomic mass is 10.2. The Labute approximate surface area is 238 Å². The number of imide groups is 1. The molecule has 0 unspecified atom stereocenters. The van der Waals surface area contributed by atoms with Crippen molar-refractivity contribution in [1.82, 2.24) is 14.5 Å². The molecule has 0 spiro atoms. The van der Waals surface area contributed by atoms with Crippen molar-refractivity contribution in [1.29, 1.82) is 0 Å². The van der Waals surface area contributed by atoms with E-state index in [1.54, 1.807) is 47.3 Å². The van der Waals surface area contributed by atoms with E-state index in [2.05, 4.69) is 0 Å². The molecular formula is C29H26ClN3O4S2. The second-order valence-corrected chi connectivity index (χ2v) is 12.4. The average Bonchev–Trinajstić information content (AvgIpc) is 3.48. The lowest BCUT2D eigenvalue weighted by molar-refractivity contribution is -0.127. The predicted molar refractivity (Wildman–Crippen MR) is 155 cm³/mol. The minimum atomic E-state index is -0.551. The number of carbonyl (C=O) groups is 2. The van der Waals surface area contributed by atoms with Crippen LogP contribution in [-0.2, 0) is 17.6 Å². The summed E-state index contributed by atoms with van der Waals surface area (Å²) in [6, 6.07) is 13.8. The number of ether oxygens (including phenoxy) is 1. The van der Waals surface area contributed by atoms with Crippen LogP contribution in [0.3, 0.4) is 0 Å². The first-order valence-corrected chi connectivity index (χ1v) is 15.0. The van der Waals surface area contributed by atoms with Crippen LogP contribution in [0.15, 0.2) is 58.5 Å². The summed E-state index contributed by atoms with van der Waals surface area (Å²) in [5, 5.41) is 1.11. The van der Waals surface area contributed by atoms with Crippen molar-refractivity contribution in [3.05, 3.63) is 79.9 Å². The quantitative estimate of drug-likeness (QED) is 0.216. The molecule has 0 bridgehead atoms. The Morgan fingerprint density at radius 3 is 2.56 bits per heavy atom. The molecule has 0 N–H and O–H groups in total. The second-order valence-electron chi connectivity index (χ2n) is 9.67. The van der Waals surface area contributed by atoms with Crippen LogP contribution in [0.4, 0.5) is 0 Å². The van der Waals surface area contributed by atoms with E-state index in [1.807, 2.05) is 24.3 Å². The third-order valence-electron chi connectivity index (χ3n) is 7.26. The van der Waals surface area contributed by atoms with E-state index in [9.17, 15) is 14.4 Å². The minimum absolute atomic E-state index is 0.123. The number of amides is 2. The summed E-state index contributed by atoms with van der Waals surface area (Å²) >= 11 is 8.84. The van der Waals surface area contributed by atoms with Gasteiger partial charge in [-0.25, -0.2) is 4.98 Å². The number of aryl methyl sites for hydroxylation is 2. The van der Waals surface area contributed by atoms with Gasteiger partial charge < -0.3 is 4.74 Å². The Morgan fingerprint density at radius 2 is 1.82 bits per heavy atom. The number of benzene rings is 2. The standard InChI is InChI=1S/C29H26ClN3O4S2/c1-37-20-14-12-19(13-15-20)33-28(36)24-21-5-4-7-22(21)38-25(24)31-29(33)39-23-6-2-3-16-32(27(23)35)26(34)17-8-10-18(30)11-9-17/h8-15,23H,2-7,16H2,1H3/t23-/m1/s1. The van der Waals surface area contributed by atoms with Gasteiger partial charge in [-0.3, -0.25) is 23.9 Å². The van der Waals surface area contributed by atoms with E-state index in [0.717, 1.165) is 37.7 Å². The number of fused-ring (bicyclic) bond motifs is 3. The molecule has 7 nitrogen and oxygen atoms in total. The van der Waals surface area contributed by atoms with Gasteiger partial charge in [-0.2, -0.15) is 0 Å². The maximum Gasteiger partial charge on any atom is 0.267 e. The van der Waals surface area contributed by atoms with Crippen LogP contribution in [0.1, 0.15) is 46.5 Å². The number of nitrogens with zero attached hydrogens (tertiary/aromatic N) is 3. The number of thiophene rings is 1. The topological polar surface area (TPSA) is 81.5 Å². The van der Waals surface area contributed by atoms with Crippen LogP contribution < -0.4 is 10.3 Å². The number of methoxy groups -OCH3 is 1. The largest absolute Gasteiger partial charge is 0.497 e. The van der Waals surface area contributed by atoms with Gasteiger partial charge in [-0.05, 0) is 86.2 Å². The highest BCUT2D eigenvalue weighted by Crippen LogP contribution is 2.38. The molecule has 1 fully saturated rings. The Kier molecular flexibility index (Phi) is 7.22. The lowest BCUT2D eigenvalue weighted by Gasteiger charge is -2.23. The molecule has 1 aliphatic heterocycles. The Morgan fingerprint density at radius 1 is 1.05 bits per heavy atom. The van der Waals surface area contributed by atoms with Crippen molar-refractivity contribution < 1.29 is 14.3 Å². The first kappa shape index (κ1) is 26.1. The second kappa shape index (κ2) is 10.8. The molecule has 2 aromatic carbocycles. The molecule has 0 saturated carbocycles. The molecular weight excluding hydrogens is 554 g/mol. The van der Waals surface area contributed by atoms with Crippen molar-refractivity contribution in [2.75, 3.05) is 13.7 Å². The fourth-order valence-corrected chi connectivity index (χ4v) is 7.90. The number of thioether (sulfide) groups is 1. The molecule has 1 saturated heterocycles. The first-order chi connectivity index (χ1) is 18.9. The highest BCUT2D eigenvalue weighted by molar-refractivity contribution is 8.00. The van der Waals surface area contributed by atoms with Gasteiger partial charge >= 0.3 is 0 Å². The number of aromatic nitrogens is 2. The van der Waals surface area contributed by atoms with Crippen molar-refractivity contribution in [3.8, 4) is 11.4 Å². The third kappa shape index (κ3) is 4.88. The van der Waals surface area contributed by atoms with Gasteiger partial charge in [0.1, 0.15) is 10.6 Å². The maximum absolute atomic E-state index is 14.0. The monoisotopic (exact) mass is 579 g/mol. The number of rotatable bonds is 5. The zero-order chi connectivity index (χ0) is 27.1. The molecule has 4 aromatic rings.